The van der Waals surface area contributed by atoms with E-state index in [1.807, 2.05) is 72.0 Å². The maximum absolute atomic E-state index is 11.5. The van der Waals surface area contributed by atoms with Crippen molar-refractivity contribution in [2.45, 2.75) is 165 Å². The van der Waals surface area contributed by atoms with Crippen molar-refractivity contribution in [1.82, 2.24) is 49.7 Å². The van der Waals surface area contributed by atoms with Crippen LogP contribution in [0.2, 0.25) is 18.5 Å². The summed E-state index contributed by atoms with van der Waals surface area (Å²) >= 11 is 13.3. The number of carbonyl (C=O) groups is 3. The van der Waals surface area contributed by atoms with Crippen LogP contribution in [0.15, 0.2) is 98.9 Å². The molecule has 25 nitrogen and oxygen atoms in total. The third-order valence-corrected chi connectivity index (χ3v) is 30.8. The molecule has 0 amide bonds. The number of methoxy groups -OCH3 is 8. The number of hydrogen-bond acceptors (Lipinski definition) is 28. The van der Waals surface area contributed by atoms with Crippen LogP contribution in [0.25, 0.3) is 5.76 Å². The number of rotatable bonds is 34. The van der Waals surface area contributed by atoms with Crippen molar-refractivity contribution >= 4 is 142 Å². The van der Waals surface area contributed by atoms with Gasteiger partial charge in [-0.3, -0.25) is 19.3 Å². The van der Waals surface area contributed by atoms with Gasteiger partial charge >= 0.3 is 120 Å². The minimum atomic E-state index is -2.24. The summed E-state index contributed by atoms with van der Waals surface area (Å²) in [6.07, 6.45) is 25.2. The minimum absolute atomic E-state index is 0. The first-order chi connectivity index (χ1) is 46.6. The van der Waals surface area contributed by atoms with E-state index in [0.29, 0.717) is 38.7 Å². The molecule has 0 unspecified atom stereocenters. The Labute approximate surface area is 649 Å². The topological polar surface area (TPSA) is 305 Å². The van der Waals surface area contributed by atoms with Crippen molar-refractivity contribution in [3.05, 3.63) is 100 Å². The first-order valence-electron chi connectivity index (χ1n) is 31.4. The molecule has 0 bridgehead atoms. The Morgan fingerprint density at radius 1 is 0.594 bits per heavy atom. The normalized spacial score (nSPS) is 10.5. The predicted octanol–water partition coefficient (Wildman–Crippen LogP) is 14.4. The number of thiocarbonyl (C=S) groups is 1. The number of ether oxygens (including phenoxy) is 10. The Bertz CT molecular complexity index is 2820. The molecule has 4 aromatic heterocycles. The molecule has 0 saturated heterocycles. The maximum Gasteiger partial charge on any atom is 0.229 e. The number of aromatic nitrogens is 8. The Balaban J connectivity index is -0.000000200. The number of unbranched alkanes of at least 4 members (excludes halogenated alkanes) is 3. The largest absolute Gasteiger partial charge is 0.383 e. The van der Waals surface area contributed by atoms with Gasteiger partial charge in [0.05, 0.1) is 6.61 Å². The average molecular weight is 1690 g/mol. The summed E-state index contributed by atoms with van der Waals surface area (Å²) in [4.78, 5) is 69.0. The molecule has 582 valence electrons. The summed E-state index contributed by atoms with van der Waals surface area (Å²) in [5.74, 6) is -2.80. The number of carbonyl (C=O) groups excluding carboxylic acids is 3. The van der Waals surface area contributed by atoms with Gasteiger partial charge in [0, 0.05) is 122 Å². The van der Waals surface area contributed by atoms with Gasteiger partial charge in [-0.25, -0.2) is 39.9 Å². The maximum atomic E-state index is 11.5. The number of nitrogens with zero attached hydrogens (tertiary/aromatic N) is 10. The van der Waals surface area contributed by atoms with Crippen molar-refractivity contribution < 1.29 is 61.8 Å². The third-order valence-electron chi connectivity index (χ3n) is 13.4. The zero-order valence-electron chi connectivity index (χ0n) is 64.7. The fourth-order valence-electron chi connectivity index (χ4n) is 7.09. The summed E-state index contributed by atoms with van der Waals surface area (Å²) < 4.78 is 56.4. The summed E-state index contributed by atoms with van der Waals surface area (Å²) in [5, 5.41) is 3.29. The molecule has 0 aliphatic carbocycles. The van der Waals surface area contributed by atoms with Gasteiger partial charge in [-0.15, -0.1) is 24.8 Å². The molecular formula is C67H121Cl3N12O13S5Sn. The number of hydrogen-bond donors (Lipinski definition) is 2. The number of Topliss-reactive ketones (excluding diaryl/α,β-unsaturated/α-hetero) is 2. The van der Waals surface area contributed by atoms with Crippen LogP contribution in [0.1, 0.15) is 130 Å². The van der Waals surface area contributed by atoms with Crippen molar-refractivity contribution in [3.63, 3.8) is 0 Å². The number of thioether (sulfide) groups is 4. The van der Waals surface area contributed by atoms with Gasteiger partial charge in [0.15, 0.2) is 37.3 Å². The van der Waals surface area contributed by atoms with Gasteiger partial charge in [0.2, 0.25) is 29.6 Å². The van der Waals surface area contributed by atoms with Gasteiger partial charge in [-0.1, -0.05) is 65.2 Å². The van der Waals surface area contributed by atoms with Crippen LogP contribution < -0.4 is 11.5 Å². The molecule has 4 rings (SSSR count). The second-order valence-corrected chi connectivity index (χ2v) is 38.1. The van der Waals surface area contributed by atoms with Crippen LogP contribution in [-0.4, -0.2) is 232 Å². The third kappa shape index (κ3) is 52.1. The van der Waals surface area contributed by atoms with Gasteiger partial charge in [0.25, 0.3) is 0 Å². The molecule has 0 fully saturated rings. The number of ketones is 3. The molecule has 4 aromatic rings. The van der Waals surface area contributed by atoms with E-state index >= 15 is 0 Å². The van der Waals surface area contributed by atoms with E-state index in [0.717, 1.165) is 23.2 Å². The van der Waals surface area contributed by atoms with E-state index in [1.54, 1.807) is 102 Å². The monoisotopic (exact) mass is 1690 g/mol. The number of halogens is 3. The molecule has 34 heteroatoms. The van der Waals surface area contributed by atoms with Crippen LogP contribution in [0.5, 0.6) is 0 Å². The molecule has 0 radical (unpaired) electrons. The van der Waals surface area contributed by atoms with Gasteiger partial charge in [0.1, 0.15) is 28.0 Å². The van der Waals surface area contributed by atoms with Crippen molar-refractivity contribution in [3.8, 4) is 0 Å². The first-order valence-corrected chi connectivity index (χ1v) is 44.6. The molecule has 0 saturated carbocycles. The van der Waals surface area contributed by atoms with Gasteiger partial charge in [-0.2, -0.15) is 0 Å². The minimum Gasteiger partial charge on any atom is -0.383 e. The van der Waals surface area contributed by atoms with Gasteiger partial charge < -0.3 is 59.0 Å². The second kappa shape index (κ2) is 67.0. The van der Waals surface area contributed by atoms with Crippen molar-refractivity contribution in [1.29, 1.82) is 0 Å². The molecule has 0 spiro atoms. The standard InChI is InChI=1S/C9H14N2O2S.C9H12N2OS.C9H17NO3.C7H8N2OS.C6H12O3.C5H5ClN2S.C5H13NO2.C4H7O.3C4H9.CH4N2S.2ClH.Sn/c1-9(12-2,13-3)7-5-6-10-8(11-7)14-4;1-4-12-7(2)8-5-6-10-9(11-8)13-3;1-9(12-4,13-5)8(11)6-7-10(2)3;1-5(10)6-3-4-8-7(9-6)11-2;1-5(7)6(2,8-3)9-4;1-9-5-7-3-2-4(6)8-5;1-6(2)5(7-3)8-4;1-3-5-4-2;3*1-3-4-2;2-1(3)4;;;/h5-6H,1-4H3;5-6H,2,4H2,1,3H3;6-7H,1-5H3;3-4H,1-2H3;1-4H3;2-3H,1H3;5H,1-4H3;1,4H2,2H3;3*1,3-4H2,2H3;(H4,2,3,4);2*1H;/b;;7-6+;;;;;;;;;;;;. The van der Waals surface area contributed by atoms with E-state index in [4.69, 9.17) is 59.0 Å². The van der Waals surface area contributed by atoms with Crippen LogP contribution in [0, 0.1) is 0 Å². The van der Waals surface area contributed by atoms with Crippen LogP contribution in [0.4, 0.5) is 0 Å². The fourth-order valence-corrected chi connectivity index (χ4v) is 23.3. The summed E-state index contributed by atoms with van der Waals surface area (Å²) in [7, 11) is 19.6. The van der Waals surface area contributed by atoms with E-state index in [2.05, 4.69) is 104 Å². The second-order valence-electron chi connectivity index (χ2n) is 20.9. The first kappa shape index (κ1) is 111. The summed E-state index contributed by atoms with van der Waals surface area (Å²) in [6, 6.07) is 6.84. The molecule has 101 heavy (non-hydrogen) atoms. The predicted molar refractivity (Wildman–Crippen MR) is 428 cm³/mol. The van der Waals surface area contributed by atoms with Crippen molar-refractivity contribution in [2.75, 3.05) is 123 Å². The molecule has 4 N–H and O–H groups in total. The van der Waals surface area contributed by atoms with E-state index in [1.165, 1.54) is 151 Å². The Hall–Kier alpha value is -3.65. The molecule has 0 aliphatic rings. The summed E-state index contributed by atoms with van der Waals surface area (Å²) in [6.45, 7) is 28.4. The molecule has 0 aliphatic heterocycles. The van der Waals surface area contributed by atoms with Crippen LogP contribution >= 0.6 is 95.7 Å². The Morgan fingerprint density at radius 3 is 1.25 bits per heavy atom. The van der Waals surface area contributed by atoms with E-state index in [-0.39, 0.29) is 53.7 Å². The quantitative estimate of drug-likeness (QED) is 0.00505. The van der Waals surface area contributed by atoms with E-state index < -0.39 is 35.7 Å². The van der Waals surface area contributed by atoms with Crippen LogP contribution in [-0.2, 0) is 62.7 Å². The average Bonchev–Trinajstić information content (AvgIpc) is 0.845. The van der Waals surface area contributed by atoms with Gasteiger partial charge in [-0.05, 0) is 103 Å². The Kier molecular flexibility index (Phi) is 73.4. The number of nitrogens with two attached hydrogens (primary N) is 2. The van der Waals surface area contributed by atoms with Crippen molar-refractivity contribution in [2.24, 2.45) is 11.5 Å². The van der Waals surface area contributed by atoms with Crippen LogP contribution in [0.3, 0.4) is 0 Å². The summed E-state index contributed by atoms with van der Waals surface area (Å²) in [5.41, 5.74) is 11.2. The molecule has 4 heterocycles. The molecule has 0 aromatic carbocycles. The van der Waals surface area contributed by atoms with E-state index in [9.17, 15) is 14.4 Å². The Morgan fingerprint density at radius 2 is 0.960 bits per heavy atom. The zero-order chi connectivity index (χ0) is 77.2. The SMILES string of the molecule is C=C(OCC)c1ccnc(SC)n1.C=[C](OCC)[Sn]([CH2]CCC)([CH2]CCC)[CH2]CCC.COC(C)(OC)C(=O)/C=C/N(C)C.COC(C)(OC)C(C)=O.COC(C)(OC)c1ccnc(SC)n1.COC(OC)N(C)C.CSc1nccc(C(C)=O)n1.CSc1nccc(Cl)n1.Cl.Cl.NC(N)=S. The molecule has 0 atom stereocenters. The zero-order valence-corrected chi connectivity index (χ0v) is 74.0. The fraction of sp³-hybridized carbons (Fsp3) is 0.612. The smallest absolute Gasteiger partial charge is 0.229 e. The molecular weight excluding hydrogens is 1570 g/mol.